The zero-order valence-corrected chi connectivity index (χ0v) is 19.4. The lowest BCUT2D eigenvalue weighted by atomic mass is 10.0. The number of benzene rings is 1. The van der Waals surface area contributed by atoms with Crippen LogP contribution in [0, 0.1) is 0 Å². The molecule has 0 saturated carbocycles. The van der Waals surface area contributed by atoms with Crippen LogP contribution in [0.4, 0.5) is 5.69 Å². The highest BCUT2D eigenvalue weighted by Gasteiger charge is 2.31. The number of nitrogens with one attached hydrogen (secondary N) is 1. The Morgan fingerprint density at radius 3 is 2.75 bits per heavy atom. The zero-order chi connectivity index (χ0) is 22.4. The first kappa shape index (κ1) is 26.0. The second-order valence-electron chi connectivity index (χ2n) is 7.20. The van der Waals surface area contributed by atoms with Crippen LogP contribution in [-0.4, -0.2) is 73.9 Å². The molecule has 9 nitrogen and oxygen atoms in total. The van der Waals surface area contributed by atoms with Crippen LogP contribution in [-0.2, 0) is 4.74 Å². The lowest BCUT2D eigenvalue weighted by Gasteiger charge is -2.38. The Labute approximate surface area is 197 Å². The predicted octanol–water partition coefficient (Wildman–Crippen LogP) is 2.05. The van der Waals surface area contributed by atoms with E-state index in [9.17, 15) is 4.79 Å². The fourth-order valence-corrected chi connectivity index (χ4v) is 3.84. The number of carbonyl (C=O) groups is 1. The highest BCUT2D eigenvalue weighted by atomic mass is 35.5. The van der Waals surface area contributed by atoms with Gasteiger partial charge in [-0.05, 0) is 12.5 Å². The zero-order valence-electron chi connectivity index (χ0n) is 17.9. The van der Waals surface area contributed by atoms with Crippen molar-refractivity contribution < 1.29 is 24.5 Å². The van der Waals surface area contributed by atoms with Crippen molar-refractivity contribution in [1.29, 1.82) is 0 Å². The van der Waals surface area contributed by atoms with Gasteiger partial charge < -0.3 is 30.7 Å². The first-order valence-corrected chi connectivity index (χ1v) is 10.6. The Morgan fingerprint density at radius 1 is 1.28 bits per heavy atom. The van der Waals surface area contributed by atoms with Gasteiger partial charge >= 0.3 is 0 Å². The molecule has 1 aromatic heterocycles. The van der Waals surface area contributed by atoms with E-state index in [0.29, 0.717) is 52.5 Å². The van der Waals surface area contributed by atoms with E-state index in [1.165, 1.54) is 13.2 Å². The van der Waals surface area contributed by atoms with Crippen molar-refractivity contribution in [2.45, 2.75) is 18.6 Å². The summed E-state index contributed by atoms with van der Waals surface area (Å²) in [7, 11) is 3.12. The van der Waals surface area contributed by atoms with E-state index in [1.807, 2.05) is 0 Å². The molecule has 32 heavy (non-hydrogen) atoms. The molecule has 0 unspecified atom stereocenters. The number of piperidine rings is 1. The summed E-state index contributed by atoms with van der Waals surface area (Å²) in [5, 5.41) is 3.88. The normalized spacial score (nSPS) is 18.5. The van der Waals surface area contributed by atoms with Gasteiger partial charge in [0.25, 0.3) is 5.91 Å². The third-order valence-electron chi connectivity index (χ3n) is 5.18. The molecule has 1 aromatic carbocycles. The standard InChI is InChI=1S/C21H26Cl2N4O4.H2O/c1-29-19-9-17(24)16(23)8-15(19)21(28)26-18-3-4-27(12-20(18)30-2)5-6-31-14-7-13(22)10-25-11-14;/h7-11,18,20H,3-6,12,24H2,1-2H3,(H,26,28);1H2/t18-,20+;/m1./s1. The summed E-state index contributed by atoms with van der Waals surface area (Å²) in [5.74, 6) is 0.726. The Balaban J connectivity index is 0.00000363. The summed E-state index contributed by atoms with van der Waals surface area (Å²) < 4.78 is 16.7. The topological polar surface area (TPSA) is 130 Å². The molecule has 176 valence electrons. The Bertz CT molecular complexity index is 918. The van der Waals surface area contributed by atoms with Crippen molar-refractivity contribution in [3.63, 3.8) is 0 Å². The molecular weight excluding hydrogens is 459 g/mol. The van der Waals surface area contributed by atoms with E-state index in [0.717, 1.165) is 13.0 Å². The number of nitrogen functional groups attached to an aromatic ring is 1. The molecule has 0 spiro atoms. The van der Waals surface area contributed by atoms with E-state index in [-0.39, 0.29) is 23.5 Å². The number of nitrogens with two attached hydrogens (primary N) is 1. The van der Waals surface area contributed by atoms with E-state index in [2.05, 4.69) is 15.2 Å². The van der Waals surface area contributed by atoms with E-state index < -0.39 is 0 Å². The minimum Gasteiger partial charge on any atom is -0.496 e. The molecule has 0 radical (unpaired) electrons. The van der Waals surface area contributed by atoms with Crippen molar-refractivity contribution in [2.75, 3.05) is 46.2 Å². The third-order valence-corrected chi connectivity index (χ3v) is 5.72. The van der Waals surface area contributed by atoms with Crippen LogP contribution in [0.1, 0.15) is 16.8 Å². The van der Waals surface area contributed by atoms with Crippen LogP contribution < -0.4 is 20.5 Å². The number of rotatable bonds is 8. The number of hydrogen-bond donors (Lipinski definition) is 2. The summed E-state index contributed by atoms with van der Waals surface area (Å²) in [5.41, 5.74) is 6.49. The molecule has 0 aliphatic carbocycles. The Kier molecular flexibility index (Phi) is 9.80. The number of pyridine rings is 1. The van der Waals surface area contributed by atoms with Crippen molar-refractivity contribution >= 4 is 34.8 Å². The summed E-state index contributed by atoms with van der Waals surface area (Å²) in [6.45, 7) is 2.67. The number of aromatic nitrogens is 1. The van der Waals surface area contributed by atoms with Gasteiger partial charge in [0.15, 0.2) is 0 Å². The lowest BCUT2D eigenvalue weighted by Crippen LogP contribution is -2.55. The number of likely N-dealkylation sites (tertiary alicyclic amines) is 1. The van der Waals surface area contributed by atoms with Crippen LogP contribution in [0.2, 0.25) is 10.0 Å². The average molecular weight is 487 g/mol. The first-order valence-electron chi connectivity index (χ1n) is 9.83. The highest BCUT2D eigenvalue weighted by Crippen LogP contribution is 2.29. The number of ether oxygens (including phenoxy) is 3. The van der Waals surface area contributed by atoms with Crippen LogP contribution in [0.5, 0.6) is 11.5 Å². The van der Waals surface area contributed by atoms with E-state index in [1.54, 1.807) is 31.6 Å². The quantitative estimate of drug-likeness (QED) is 0.545. The minimum absolute atomic E-state index is 0. The fourth-order valence-electron chi connectivity index (χ4n) is 3.51. The van der Waals surface area contributed by atoms with Crippen molar-refractivity contribution in [3.05, 3.63) is 46.2 Å². The lowest BCUT2D eigenvalue weighted by molar-refractivity contribution is 0.00321. The number of amides is 1. The Morgan fingerprint density at radius 2 is 2.06 bits per heavy atom. The molecule has 1 aliphatic rings. The molecule has 1 amide bonds. The molecule has 3 rings (SSSR count). The van der Waals surface area contributed by atoms with Gasteiger partial charge in [0.2, 0.25) is 0 Å². The second-order valence-corrected chi connectivity index (χ2v) is 8.05. The molecular formula is C21H28Cl2N4O5. The summed E-state index contributed by atoms with van der Waals surface area (Å²) in [6, 6.07) is 4.65. The van der Waals surface area contributed by atoms with Gasteiger partial charge in [-0.15, -0.1) is 0 Å². The van der Waals surface area contributed by atoms with Gasteiger partial charge in [-0.25, -0.2) is 0 Å². The second kappa shape index (κ2) is 12.1. The van der Waals surface area contributed by atoms with Gasteiger partial charge in [-0.3, -0.25) is 14.7 Å². The number of carbonyl (C=O) groups excluding carboxylic acids is 1. The molecule has 2 heterocycles. The molecule has 1 aliphatic heterocycles. The first-order chi connectivity index (χ1) is 14.9. The number of methoxy groups -OCH3 is 2. The monoisotopic (exact) mass is 486 g/mol. The van der Waals surface area contributed by atoms with Crippen molar-refractivity contribution in [2.24, 2.45) is 0 Å². The number of nitrogens with zero attached hydrogens (tertiary/aromatic N) is 2. The predicted molar refractivity (Wildman–Crippen MR) is 124 cm³/mol. The maximum Gasteiger partial charge on any atom is 0.255 e. The van der Waals surface area contributed by atoms with E-state index in [4.69, 9.17) is 43.1 Å². The van der Waals surface area contributed by atoms with Crippen molar-refractivity contribution in [1.82, 2.24) is 15.2 Å². The van der Waals surface area contributed by atoms with Gasteiger partial charge in [0.1, 0.15) is 18.1 Å². The smallest absolute Gasteiger partial charge is 0.255 e. The molecule has 1 saturated heterocycles. The Hall–Kier alpha value is -2.30. The molecule has 0 bridgehead atoms. The van der Waals surface area contributed by atoms with Crippen LogP contribution in [0.3, 0.4) is 0 Å². The molecule has 2 aromatic rings. The van der Waals surface area contributed by atoms with Crippen LogP contribution >= 0.6 is 23.2 Å². The van der Waals surface area contributed by atoms with Gasteiger partial charge in [-0.1, -0.05) is 23.2 Å². The molecule has 11 heteroatoms. The summed E-state index contributed by atoms with van der Waals surface area (Å²) >= 11 is 12.0. The number of hydrogen-bond acceptors (Lipinski definition) is 7. The van der Waals surface area contributed by atoms with E-state index >= 15 is 0 Å². The fraction of sp³-hybridized carbons (Fsp3) is 0.429. The summed E-state index contributed by atoms with van der Waals surface area (Å²) in [4.78, 5) is 19.1. The maximum atomic E-state index is 12.9. The van der Waals surface area contributed by atoms with Crippen LogP contribution in [0.25, 0.3) is 0 Å². The minimum atomic E-state index is -0.281. The summed E-state index contributed by atoms with van der Waals surface area (Å²) in [6.07, 6.45) is 3.75. The number of anilines is 1. The van der Waals surface area contributed by atoms with Crippen molar-refractivity contribution in [3.8, 4) is 11.5 Å². The molecule has 2 atom stereocenters. The maximum absolute atomic E-state index is 12.9. The third kappa shape index (κ3) is 6.60. The highest BCUT2D eigenvalue weighted by molar-refractivity contribution is 6.33. The average Bonchev–Trinajstić information content (AvgIpc) is 2.76. The molecule has 5 N–H and O–H groups in total. The molecule has 1 fully saturated rings. The van der Waals surface area contributed by atoms with Gasteiger partial charge in [0.05, 0.1) is 46.7 Å². The SMILES string of the molecule is COc1cc(N)c(Cl)cc1C(=O)N[C@@H]1CCN(CCOc2cncc(Cl)c2)C[C@@H]1OC.O. The van der Waals surface area contributed by atoms with Crippen LogP contribution in [0.15, 0.2) is 30.6 Å². The van der Waals surface area contributed by atoms with Gasteiger partial charge in [0, 0.05) is 45.1 Å². The largest absolute Gasteiger partial charge is 0.496 e. The van der Waals surface area contributed by atoms with Gasteiger partial charge in [-0.2, -0.15) is 0 Å². The number of halogens is 2.